The number of hydrogen-bond donors (Lipinski definition) is 1. The summed E-state index contributed by atoms with van der Waals surface area (Å²) in [6, 6.07) is 7.61. The van der Waals surface area contributed by atoms with Gasteiger partial charge in [0.25, 0.3) is 5.91 Å². The van der Waals surface area contributed by atoms with E-state index < -0.39 is 0 Å². The van der Waals surface area contributed by atoms with Crippen molar-refractivity contribution in [3.05, 3.63) is 39.9 Å². The van der Waals surface area contributed by atoms with Gasteiger partial charge in [-0.2, -0.15) is 15.1 Å². The molecule has 0 atom stereocenters. The van der Waals surface area contributed by atoms with Gasteiger partial charge in [0.2, 0.25) is 5.17 Å². The summed E-state index contributed by atoms with van der Waals surface area (Å²) < 4.78 is 0.971. The lowest BCUT2D eigenvalue weighted by Gasteiger charge is -2.20. The molecule has 1 N–H and O–H groups in total. The SMILES string of the molecule is N=C1C(=Cc2ccc(Br)cc2)C(=O)N=C2SC(CCC3CCCCC3)=NN12. The van der Waals surface area contributed by atoms with Gasteiger partial charge >= 0.3 is 0 Å². The summed E-state index contributed by atoms with van der Waals surface area (Å²) in [6.07, 6.45) is 10.4. The zero-order valence-electron chi connectivity index (χ0n) is 14.9. The van der Waals surface area contributed by atoms with Crippen molar-refractivity contribution < 1.29 is 4.79 Å². The third-order valence-electron chi connectivity index (χ3n) is 5.17. The number of nitrogens with one attached hydrogen (secondary N) is 1. The van der Waals surface area contributed by atoms with Gasteiger partial charge in [-0.05, 0) is 54.3 Å². The standard InChI is InChI=1S/C20H21BrN4OS/c21-15-9-6-14(7-10-15)12-16-18(22)25-20(23-19(16)26)27-17(24-25)11-8-13-4-2-1-3-5-13/h6-7,9-10,12-13,22H,1-5,8,11H2. The van der Waals surface area contributed by atoms with Crippen LogP contribution in [0.25, 0.3) is 6.08 Å². The molecule has 1 amide bonds. The maximum Gasteiger partial charge on any atom is 0.283 e. The van der Waals surface area contributed by atoms with E-state index in [4.69, 9.17) is 5.41 Å². The summed E-state index contributed by atoms with van der Waals surface area (Å²) in [4.78, 5) is 16.6. The molecule has 0 spiro atoms. The molecule has 1 saturated carbocycles. The topological polar surface area (TPSA) is 68.9 Å². The second-order valence-electron chi connectivity index (χ2n) is 7.11. The highest BCUT2D eigenvalue weighted by Gasteiger charge is 2.35. The van der Waals surface area contributed by atoms with Crippen LogP contribution in [-0.2, 0) is 4.79 Å². The number of carbonyl (C=O) groups excluding carboxylic acids is 1. The van der Waals surface area contributed by atoms with Crippen LogP contribution in [0.2, 0.25) is 0 Å². The van der Waals surface area contributed by atoms with Gasteiger partial charge in [-0.3, -0.25) is 10.2 Å². The van der Waals surface area contributed by atoms with Gasteiger partial charge in [-0.15, -0.1) is 0 Å². The Bertz CT molecular complexity index is 853. The number of amidine groups is 2. The summed E-state index contributed by atoms with van der Waals surface area (Å²) in [7, 11) is 0. The van der Waals surface area contributed by atoms with Crippen LogP contribution in [0, 0.1) is 11.3 Å². The minimum atomic E-state index is -0.370. The first-order valence-corrected chi connectivity index (χ1v) is 11.0. The number of nitrogens with zero attached hydrogens (tertiary/aromatic N) is 3. The highest BCUT2D eigenvalue weighted by atomic mass is 79.9. The minimum Gasteiger partial charge on any atom is -0.282 e. The summed E-state index contributed by atoms with van der Waals surface area (Å²) in [5.41, 5.74) is 1.14. The third-order valence-corrected chi connectivity index (χ3v) is 6.67. The summed E-state index contributed by atoms with van der Waals surface area (Å²) in [5, 5.41) is 16.0. The number of hydrogen-bond acceptors (Lipinski definition) is 4. The Labute approximate surface area is 171 Å². The molecule has 2 aliphatic heterocycles. The first kappa shape index (κ1) is 18.6. The van der Waals surface area contributed by atoms with Gasteiger partial charge in [-0.1, -0.05) is 60.2 Å². The molecular weight excluding hydrogens is 424 g/mol. The van der Waals surface area contributed by atoms with Gasteiger partial charge < -0.3 is 0 Å². The van der Waals surface area contributed by atoms with Crippen molar-refractivity contribution in [2.75, 3.05) is 0 Å². The zero-order chi connectivity index (χ0) is 18.8. The average molecular weight is 445 g/mol. The van der Waals surface area contributed by atoms with E-state index in [2.05, 4.69) is 26.0 Å². The van der Waals surface area contributed by atoms with Crippen molar-refractivity contribution in [3.8, 4) is 0 Å². The second-order valence-corrected chi connectivity index (χ2v) is 9.06. The molecule has 5 nitrogen and oxygen atoms in total. The number of benzene rings is 1. The Morgan fingerprint density at radius 2 is 1.96 bits per heavy atom. The lowest BCUT2D eigenvalue weighted by atomic mass is 9.86. The fourth-order valence-electron chi connectivity index (χ4n) is 3.66. The van der Waals surface area contributed by atoms with Crippen molar-refractivity contribution in [1.29, 1.82) is 5.41 Å². The van der Waals surface area contributed by atoms with E-state index in [0.29, 0.717) is 5.17 Å². The molecule has 0 saturated heterocycles. The quantitative estimate of drug-likeness (QED) is 0.629. The monoisotopic (exact) mass is 444 g/mol. The number of aliphatic imine (C=N–C) groups is 1. The van der Waals surface area contributed by atoms with Crippen LogP contribution in [0.4, 0.5) is 0 Å². The lowest BCUT2D eigenvalue weighted by Crippen LogP contribution is -2.35. The largest absolute Gasteiger partial charge is 0.283 e. The molecular formula is C20H21BrN4OS. The Morgan fingerprint density at radius 3 is 2.70 bits per heavy atom. The Morgan fingerprint density at radius 1 is 1.22 bits per heavy atom. The van der Waals surface area contributed by atoms with Gasteiger partial charge in [-0.25, -0.2) is 0 Å². The number of fused-ring (bicyclic) bond motifs is 1. The van der Waals surface area contributed by atoms with E-state index in [1.165, 1.54) is 48.9 Å². The number of halogens is 1. The third kappa shape index (κ3) is 4.24. The number of carbonyl (C=O) groups is 1. The highest BCUT2D eigenvalue weighted by molar-refractivity contribution is 9.10. The first-order chi connectivity index (χ1) is 13.1. The van der Waals surface area contributed by atoms with Gasteiger partial charge in [0.05, 0.1) is 5.57 Å². The molecule has 0 aromatic heterocycles. The number of hydrazone groups is 1. The van der Waals surface area contributed by atoms with E-state index in [1.807, 2.05) is 24.3 Å². The molecule has 0 bridgehead atoms. The normalized spacial score (nSPS) is 22.1. The molecule has 0 radical (unpaired) electrons. The van der Waals surface area contributed by atoms with E-state index in [1.54, 1.807) is 6.08 Å². The molecule has 2 heterocycles. The van der Waals surface area contributed by atoms with Crippen LogP contribution in [-0.4, -0.2) is 27.0 Å². The maximum absolute atomic E-state index is 12.4. The average Bonchev–Trinajstić information content (AvgIpc) is 3.09. The maximum atomic E-state index is 12.4. The van der Waals surface area contributed by atoms with Crippen LogP contribution >= 0.6 is 27.7 Å². The summed E-state index contributed by atoms with van der Waals surface area (Å²) in [5.74, 6) is 0.522. The fraction of sp³-hybridized carbons (Fsp3) is 0.400. The molecule has 27 heavy (non-hydrogen) atoms. The molecule has 3 aliphatic rings. The Balaban J connectivity index is 1.48. The second kappa shape index (κ2) is 8.10. The lowest BCUT2D eigenvalue weighted by molar-refractivity contribution is -0.114. The summed E-state index contributed by atoms with van der Waals surface area (Å²) in [6.45, 7) is 0. The molecule has 0 unspecified atom stereocenters. The molecule has 1 fully saturated rings. The van der Waals surface area contributed by atoms with Crippen LogP contribution < -0.4 is 0 Å². The zero-order valence-corrected chi connectivity index (χ0v) is 17.4. The van der Waals surface area contributed by atoms with Crippen molar-refractivity contribution in [1.82, 2.24) is 5.01 Å². The molecule has 1 aromatic rings. The smallest absolute Gasteiger partial charge is 0.282 e. The number of amides is 1. The van der Waals surface area contributed by atoms with Gasteiger partial charge in [0.15, 0.2) is 5.84 Å². The minimum absolute atomic E-state index is 0.105. The van der Waals surface area contributed by atoms with Gasteiger partial charge in [0, 0.05) is 4.47 Å². The van der Waals surface area contributed by atoms with E-state index in [9.17, 15) is 4.79 Å². The molecule has 7 heteroatoms. The van der Waals surface area contributed by atoms with E-state index in [-0.39, 0.29) is 17.3 Å². The predicted octanol–water partition coefficient (Wildman–Crippen LogP) is 5.43. The number of thioether (sulfide) groups is 1. The highest BCUT2D eigenvalue weighted by Crippen LogP contribution is 2.33. The summed E-state index contributed by atoms with van der Waals surface area (Å²) >= 11 is 4.83. The van der Waals surface area contributed by atoms with Crippen molar-refractivity contribution in [2.24, 2.45) is 16.0 Å². The molecule has 1 aromatic carbocycles. The first-order valence-electron chi connectivity index (χ1n) is 9.35. The number of rotatable bonds is 4. The van der Waals surface area contributed by atoms with Gasteiger partial charge in [0.1, 0.15) is 5.04 Å². The van der Waals surface area contributed by atoms with Crippen molar-refractivity contribution in [3.63, 3.8) is 0 Å². The van der Waals surface area contributed by atoms with Crippen molar-refractivity contribution >= 4 is 55.7 Å². The van der Waals surface area contributed by atoms with Crippen LogP contribution in [0.15, 0.2) is 44.4 Å². The van der Waals surface area contributed by atoms with Crippen LogP contribution in [0.1, 0.15) is 50.5 Å². The molecule has 1 aliphatic carbocycles. The van der Waals surface area contributed by atoms with E-state index in [0.717, 1.165) is 33.8 Å². The Hall–Kier alpha value is -1.73. The fourth-order valence-corrected chi connectivity index (χ4v) is 4.83. The van der Waals surface area contributed by atoms with Crippen LogP contribution in [0.3, 0.4) is 0 Å². The van der Waals surface area contributed by atoms with Crippen LogP contribution in [0.5, 0.6) is 0 Å². The predicted molar refractivity (Wildman–Crippen MR) is 115 cm³/mol. The Kier molecular flexibility index (Phi) is 5.59. The molecule has 4 rings (SSSR count). The van der Waals surface area contributed by atoms with Crippen molar-refractivity contribution in [2.45, 2.75) is 44.9 Å². The molecule has 140 valence electrons. The van der Waals surface area contributed by atoms with E-state index >= 15 is 0 Å².